The van der Waals surface area contributed by atoms with Crippen LogP contribution in [0.5, 0.6) is 0 Å². The molecule has 3 heterocycles. The number of halogens is 2. The van der Waals surface area contributed by atoms with Crippen LogP contribution in [0.1, 0.15) is 57.5 Å². The summed E-state index contributed by atoms with van der Waals surface area (Å²) in [4.78, 5) is 31.2. The van der Waals surface area contributed by atoms with Gasteiger partial charge in [0.2, 0.25) is 5.91 Å². The van der Waals surface area contributed by atoms with Gasteiger partial charge in [-0.3, -0.25) is 14.7 Å². The predicted molar refractivity (Wildman–Crippen MR) is 164 cm³/mol. The first-order valence-corrected chi connectivity index (χ1v) is 14.5. The Kier molecular flexibility index (Phi) is 8.63. The second-order valence-corrected chi connectivity index (χ2v) is 11.4. The number of fused-ring (bicyclic) bond motifs is 4. The molecule has 0 saturated carbocycles. The number of anilines is 3. The number of aromatic nitrogens is 4. The number of benzene rings is 2. The van der Waals surface area contributed by atoms with Gasteiger partial charge in [-0.1, -0.05) is 42.3 Å². The third-order valence-corrected chi connectivity index (χ3v) is 7.95. The number of pyridine rings is 1. The minimum Gasteiger partial charge on any atom is -0.465 e. The van der Waals surface area contributed by atoms with Gasteiger partial charge in [0.05, 0.1) is 28.1 Å². The van der Waals surface area contributed by atoms with Gasteiger partial charge in [0.25, 0.3) is 0 Å². The molecule has 224 valence electrons. The van der Waals surface area contributed by atoms with Crippen LogP contribution in [-0.2, 0) is 4.79 Å². The molecule has 0 radical (unpaired) electrons. The van der Waals surface area contributed by atoms with E-state index in [2.05, 4.69) is 25.9 Å². The topological polar surface area (TPSA) is 125 Å². The molecule has 0 aliphatic carbocycles. The molecule has 0 spiro atoms. The van der Waals surface area contributed by atoms with Crippen LogP contribution < -0.4 is 15.5 Å². The number of rotatable bonds is 5. The first-order valence-electron chi connectivity index (χ1n) is 14.1. The highest BCUT2D eigenvalue weighted by Gasteiger charge is 2.25. The van der Waals surface area contributed by atoms with Crippen molar-refractivity contribution in [1.29, 1.82) is 0 Å². The minimum atomic E-state index is -1.08. The number of amides is 2. The lowest BCUT2D eigenvalue weighted by molar-refractivity contribution is -0.119. The molecule has 0 saturated heterocycles. The highest BCUT2D eigenvalue weighted by Crippen LogP contribution is 2.36. The molecule has 2 atom stereocenters. The molecule has 5 rings (SSSR count). The molecule has 4 aromatic rings. The van der Waals surface area contributed by atoms with Crippen LogP contribution in [0.3, 0.4) is 0 Å². The van der Waals surface area contributed by atoms with Gasteiger partial charge in [-0.15, -0.1) is 5.10 Å². The summed E-state index contributed by atoms with van der Waals surface area (Å²) in [5, 5.41) is 24.8. The summed E-state index contributed by atoms with van der Waals surface area (Å²) in [6.07, 6.45) is 2.61. The average molecular weight is 606 g/mol. The standard InChI is InChI=1S/C31H33ClFN7O3/c1-17(2)39(31(42)43)21-11-12-22-20-13-14-34-26(15-20)24(9-5-7-18(3)30(41)36-25(22)16-21)35-29-19(4)40(38-37-29)27-10-6-8-23(32)28(27)33/h6,8,10-18,24,35H,5,7,9H2,1-4H3,(H,36,41)(H,42,43)/t18-,24+/m1/s1. The molecular weight excluding hydrogens is 573 g/mol. The van der Waals surface area contributed by atoms with E-state index in [0.717, 1.165) is 16.8 Å². The largest absolute Gasteiger partial charge is 0.465 e. The van der Waals surface area contributed by atoms with Crippen LogP contribution in [0.15, 0.2) is 54.7 Å². The molecular formula is C31H33ClFN7O3. The number of nitrogens with one attached hydrogen (secondary N) is 2. The van der Waals surface area contributed by atoms with Crippen LogP contribution >= 0.6 is 11.6 Å². The van der Waals surface area contributed by atoms with E-state index in [0.29, 0.717) is 42.1 Å². The van der Waals surface area contributed by atoms with E-state index in [1.165, 1.54) is 15.6 Å². The van der Waals surface area contributed by atoms with Crippen molar-refractivity contribution in [3.05, 3.63) is 77.0 Å². The highest BCUT2D eigenvalue weighted by molar-refractivity contribution is 6.30. The van der Waals surface area contributed by atoms with Gasteiger partial charge in [0, 0.05) is 29.4 Å². The fourth-order valence-electron chi connectivity index (χ4n) is 5.29. The van der Waals surface area contributed by atoms with Crippen LogP contribution in [-0.4, -0.2) is 43.1 Å². The summed E-state index contributed by atoms with van der Waals surface area (Å²) in [5.74, 6) is -0.552. The number of nitrogens with zero attached hydrogens (tertiary/aromatic N) is 5. The number of carbonyl (C=O) groups excluding carboxylic acids is 1. The first-order chi connectivity index (χ1) is 20.5. The Morgan fingerprint density at radius 1 is 1.21 bits per heavy atom. The lowest BCUT2D eigenvalue weighted by Gasteiger charge is -2.26. The fourth-order valence-corrected chi connectivity index (χ4v) is 5.46. The summed E-state index contributed by atoms with van der Waals surface area (Å²) >= 11 is 6.00. The molecule has 3 N–H and O–H groups in total. The number of hydrogen-bond donors (Lipinski definition) is 3. The average Bonchev–Trinajstić information content (AvgIpc) is 3.32. The van der Waals surface area contributed by atoms with Crippen LogP contribution in [0.2, 0.25) is 5.02 Å². The van der Waals surface area contributed by atoms with Crippen molar-refractivity contribution in [3.8, 4) is 16.8 Å². The van der Waals surface area contributed by atoms with E-state index in [1.54, 1.807) is 51.2 Å². The van der Waals surface area contributed by atoms with Crippen molar-refractivity contribution in [2.24, 2.45) is 5.92 Å². The summed E-state index contributed by atoms with van der Waals surface area (Å²) in [5.41, 5.74) is 4.07. The summed E-state index contributed by atoms with van der Waals surface area (Å²) in [7, 11) is 0. The van der Waals surface area contributed by atoms with E-state index in [-0.39, 0.29) is 34.6 Å². The zero-order chi connectivity index (χ0) is 30.8. The minimum absolute atomic E-state index is 0.00678. The third kappa shape index (κ3) is 6.17. The normalized spacial score (nSPS) is 17.0. The highest BCUT2D eigenvalue weighted by atomic mass is 35.5. The zero-order valence-electron chi connectivity index (χ0n) is 24.3. The lowest BCUT2D eigenvalue weighted by atomic mass is 9.95. The molecule has 2 aromatic heterocycles. The van der Waals surface area contributed by atoms with Gasteiger partial charge in [-0.2, -0.15) is 0 Å². The van der Waals surface area contributed by atoms with E-state index < -0.39 is 11.9 Å². The molecule has 1 aliphatic rings. The summed E-state index contributed by atoms with van der Waals surface area (Å²) < 4.78 is 16.2. The zero-order valence-corrected chi connectivity index (χ0v) is 25.1. The molecule has 43 heavy (non-hydrogen) atoms. The maximum absolute atomic E-state index is 14.8. The Morgan fingerprint density at radius 3 is 2.74 bits per heavy atom. The second kappa shape index (κ2) is 12.4. The van der Waals surface area contributed by atoms with Crippen molar-refractivity contribution in [2.45, 2.75) is 59.0 Å². The molecule has 2 aromatic carbocycles. The monoisotopic (exact) mass is 605 g/mol. The maximum Gasteiger partial charge on any atom is 0.412 e. The van der Waals surface area contributed by atoms with E-state index >= 15 is 0 Å². The summed E-state index contributed by atoms with van der Waals surface area (Å²) in [6, 6.07) is 13.2. The van der Waals surface area contributed by atoms with Crippen molar-refractivity contribution < 1.29 is 19.1 Å². The number of carbonyl (C=O) groups is 2. The molecule has 0 fully saturated rings. The Bertz CT molecular complexity index is 1680. The Morgan fingerprint density at radius 2 is 2.00 bits per heavy atom. The fraction of sp³-hybridized carbons (Fsp3) is 0.323. The van der Waals surface area contributed by atoms with Gasteiger partial charge in [-0.05, 0) is 75.6 Å². The Hall–Kier alpha value is -4.51. The molecule has 2 amide bonds. The van der Waals surface area contributed by atoms with E-state index in [1.807, 2.05) is 25.1 Å². The van der Waals surface area contributed by atoms with Crippen molar-refractivity contribution in [1.82, 2.24) is 20.0 Å². The van der Waals surface area contributed by atoms with E-state index in [9.17, 15) is 19.1 Å². The van der Waals surface area contributed by atoms with Gasteiger partial charge >= 0.3 is 6.09 Å². The van der Waals surface area contributed by atoms with Crippen LogP contribution in [0.25, 0.3) is 16.8 Å². The quantitative estimate of drug-likeness (QED) is 0.219. The third-order valence-electron chi connectivity index (χ3n) is 7.65. The summed E-state index contributed by atoms with van der Waals surface area (Å²) in [6.45, 7) is 7.25. The second-order valence-electron chi connectivity index (χ2n) is 11.0. The number of hydrogen-bond acceptors (Lipinski definition) is 6. The molecule has 2 bridgehead atoms. The number of carboxylic acid groups (broad SMARTS) is 1. The molecule has 12 heteroatoms. The predicted octanol–water partition coefficient (Wildman–Crippen LogP) is 7.23. The van der Waals surface area contributed by atoms with Crippen LogP contribution in [0, 0.1) is 18.7 Å². The van der Waals surface area contributed by atoms with Crippen molar-refractivity contribution in [2.75, 3.05) is 15.5 Å². The first kappa shape index (κ1) is 30.0. The Labute approximate surface area is 253 Å². The van der Waals surface area contributed by atoms with Gasteiger partial charge < -0.3 is 15.7 Å². The van der Waals surface area contributed by atoms with Gasteiger partial charge in [0.15, 0.2) is 11.6 Å². The molecule has 10 nitrogen and oxygen atoms in total. The maximum atomic E-state index is 14.8. The van der Waals surface area contributed by atoms with Gasteiger partial charge in [-0.25, -0.2) is 13.9 Å². The van der Waals surface area contributed by atoms with Gasteiger partial charge in [0.1, 0.15) is 5.69 Å². The lowest BCUT2D eigenvalue weighted by Crippen LogP contribution is -2.35. The smallest absolute Gasteiger partial charge is 0.412 e. The van der Waals surface area contributed by atoms with Crippen molar-refractivity contribution in [3.63, 3.8) is 0 Å². The Balaban J connectivity index is 1.54. The molecule has 0 unspecified atom stereocenters. The van der Waals surface area contributed by atoms with Crippen molar-refractivity contribution >= 4 is 40.8 Å². The molecule has 1 aliphatic heterocycles. The van der Waals surface area contributed by atoms with E-state index in [4.69, 9.17) is 11.6 Å². The van der Waals surface area contributed by atoms with Crippen LogP contribution in [0.4, 0.5) is 26.4 Å². The SMILES string of the molecule is Cc1c(N[C@H]2CCC[C@@H](C)C(=O)Nc3cc(N(C(=O)O)C(C)C)ccc3-c3ccnc2c3)nnn1-c1cccc(Cl)c1F.